The average molecular weight is 572 g/mol. The number of likely N-dealkylation sites (N-methyl/N-ethyl adjacent to an activating group) is 1. The lowest BCUT2D eigenvalue weighted by Crippen LogP contribution is -2.45. The molecule has 0 radical (unpaired) electrons. The van der Waals surface area contributed by atoms with Gasteiger partial charge in [0.25, 0.3) is 0 Å². The number of anilines is 1. The number of piperazine rings is 1. The summed E-state index contributed by atoms with van der Waals surface area (Å²) in [5, 5.41) is 31.2. The Balaban J connectivity index is 0.000000304. The van der Waals surface area contributed by atoms with Crippen molar-refractivity contribution in [3.05, 3.63) is 71.7 Å². The molecule has 1 unspecified atom stereocenters. The van der Waals surface area contributed by atoms with Crippen LogP contribution >= 0.6 is 0 Å². The highest BCUT2D eigenvalue weighted by molar-refractivity contribution is 5.90. The van der Waals surface area contributed by atoms with E-state index in [4.69, 9.17) is 25.4 Å². The number of nitrogens with zero attached hydrogens (tertiary/aromatic N) is 3. The van der Waals surface area contributed by atoms with Crippen molar-refractivity contribution in [2.75, 3.05) is 38.1 Å². The van der Waals surface area contributed by atoms with E-state index in [1.807, 2.05) is 12.1 Å². The lowest BCUT2D eigenvalue weighted by Gasteiger charge is -2.34. The zero-order chi connectivity index (χ0) is 30.5. The highest BCUT2D eigenvalue weighted by Gasteiger charge is 2.24. The third kappa shape index (κ3) is 11.6. The van der Waals surface area contributed by atoms with Crippen LogP contribution in [0.2, 0.25) is 0 Å². The molecule has 1 aliphatic carbocycles. The third-order valence-electron chi connectivity index (χ3n) is 6.34. The van der Waals surface area contributed by atoms with E-state index < -0.39 is 23.9 Å². The molecule has 0 bridgehead atoms. The normalized spacial score (nSPS) is 16.7. The van der Waals surface area contributed by atoms with Crippen LogP contribution in [0.25, 0.3) is 11.1 Å². The summed E-state index contributed by atoms with van der Waals surface area (Å²) in [6, 6.07) is 9.15. The molecule has 2 aliphatic rings. The number of rotatable bonds is 6. The van der Waals surface area contributed by atoms with Crippen molar-refractivity contribution < 1.29 is 44.0 Å². The van der Waals surface area contributed by atoms with E-state index in [0.29, 0.717) is 30.2 Å². The van der Waals surface area contributed by atoms with E-state index in [1.165, 1.54) is 23.2 Å². The van der Waals surface area contributed by atoms with Crippen molar-refractivity contribution in [3.63, 3.8) is 0 Å². The number of halogens is 1. The molecule has 1 aromatic heterocycles. The quantitative estimate of drug-likeness (QED) is 0.376. The second-order valence-electron chi connectivity index (χ2n) is 9.62. The summed E-state index contributed by atoms with van der Waals surface area (Å²) in [6.07, 6.45) is 5.55. The van der Waals surface area contributed by atoms with Crippen molar-refractivity contribution in [2.24, 2.45) is 5.92 Å². The third-order valence-corrected chi connectivity index (χ3v) is 6.34. The first kappa shape index (κ1) is 32.6. The Morgan fingerprint density at radius 3 is 1.80 bits per heavy atom. The zero-order valence-electron chi connectivity index (χ0n) is 22.9. The number of fused-ring (bicyclic) bond motifs is 1. The van der Waals surface area contributed by atoms with Crippen LogP contribution in [0.15, 0.2) is 54.6 Å². The lowest BCUT2D eigenvalue weighted by molar-refractivity contribution is -0.134. The molecule has 1 atom stereocenters. The van der Waals surface area contributed by atoms with E-state index in [9.17, 15) is 23.6 Å². The second kappa shape index (κ2) is 15.9. The van der Waals surface area contributed by atoms with Gasteiger partial charge in [-0.15, -0.1) is 0 Å². The topological polar surface area (TPSA) is 169 Å². The van der Waals surface area contributed by atoms with Crippen molar-refractivity contribution in [1.29, 1.82) is 0 Å². The standard InChI is InChI=1S/C21H26FN3.2C4H4O4/c1-15-3-8-20-19(13-15)18(16-4-6-17(22)7-5-16)14-21(23-20)25-11-9-24(2)10-12-25;2*5-3(6)1-2-4(7)8/h4-7,14-15H,3,8-13H2,1-2H3;2*1-2H,(H,5,6)(H,7,8)/b;2*2-1-. The molecular weight excluding hydrogens is 537 g/mol. The van der Waals surface area contributed by atoms with E-state index in [1.54, 1.807) is 12.1 Å². The molecule has 1 aliphatic heterocycles. The number of aromatic nitrogens is 1. The van der Waals surface area contributed by atoms with Crippen LogP contribution in [-0.4, -0.2) is 87.4 Å². The van der Waals surface area contributed by atoms with Gasteiger partial charge in [-0.3, -0.25) is 0 Å². The Morgan fingerprint density at radius 2 is 1.34 bits per heavy atom. The maximum atomic E-state index is 13.4. The van der Waals surface area contributed by atoms with Gasteiger partial charge in [-0.2, -0.15) is 0 Å². The van der Waals surface area contributed by atoms with Crippen LogP contribution < -0.4 is 4.90 Å². The number of benzene rings is 1. The van der Waals surface area contributed by atoms with Crippen LogP contribution in [0.1, 0.15) is 24.6 Å². The number of aliphatic carboxylic acids is 4. The molecule has 1 fully saturated rings. The summed E-state index contributed by atoms with van der Waals surface area (Å²) in [5.41, 5.74) is 4.95. The van der Waals surface area contributed by atoms with Crippen LogP contribution in [0.5, 0.6) is 0 Å². The largest absolute Gasteiger partial charge is 0.478 e. The van der Waals surface area contributed by atoms with Crippen LogP contribution in [0, 0.1) is 11.7 Å². The molecule has 2 heterocycles. The van der Waals surface area contributed by atoms with Gasteiger partial charge in [-0.1, -0.05) is 19.1 Å². The Kier molecular flexibility index (Phi) is 12.6. The number of carboxylic acid groups (broad SMARTS) is 4. The van der Waals surface area contributed by atoms with E-state index >= 15 is 0 Å². The second-order valence-corrected chi connectivity index (χ2v) is 9.62. The van der Waals surface area contributed by atoms with Crippen molar-refractivity contribution in [1.82, 2.24) is 9.88 Å². The summed E-state index contributed by atoms with van der Waals surface area (Å²) in [5.74, 6) is -3.44. The van der Waals surface area contributed by atoms with Crippen LogP contribution in [0.3, 0.4) is 0 Å². The molecule has 12 heteroatoms. The fourth-order valence-electron chi connectivity index (χ4n) is 4.25. The van der Waals surface area contributed by atoms with Gasteiger partial charge in [0.05, 0.1) is 0 Å². The van der Waals surface area contributed by atoms with Crippen LogP contribution in [0.4, 0.5) is 10.2 Å². The van der Waals surface area contributed by atoms with E-state index in [0.717, 1.165) is 50.4 Å². The Bertz CT molecular complexity index is 1220. The first-order valence-corrected chi connectivity index (χ1v) is 12.9. The molecule has 0 saturated carbocycles. The SMILES string of the molecule is CC1CCc2nc(N3CCN(C)CC3)cc(-c3ccc(F)cc3)c2C1.O=C(O)/C=C\C(=O)O.O=C(O)/C=C\C(=O)O. The number of pyridine rings is 1. The number of hydrogen-bond acceptors (Lipinski definition) is 7. The molecule has 4 N–H and O–H groups in total. The fraction of sp³-hybridized carbons (Fsp3) is 0.345. The van der Waals surface area contributed by atoms with Gasteiger partial charge in [0, 0.05) is 56.2 Å². The first-order chi connectivity index (χ1) is 19.3. The average Bonchev–Trinajstić information content (AvgIpc) is 2.92. The molecule has 2 aromatic rings. The van der Waals surface area contributed by atoms with Crippen molar-refractivity contribution in [2.45, 2.75) is 26.2 Å². The Labute approximate surface area is 236 Å². The van der Waals surface area contributed by atoms with Gasteiger partial charge in [0.1, 0.15) is 11.6 Å². The summed E-state index contributed by atoms with van der Waals surface area (Å²) >= 11 is 0. The zero-order valence-corrected chi connectivity index (χ0v) is 22.9. The van der Waals surface area contributed by atoms with Crippen molar-refractivity contribution in [3.8, 4) is 11.1 Å². The Hall–Kier alpha value is -4.58. The maximum absolute atomic E-state index is 13.4. The van der Waals surface area contributed by atoms with Gasteiger partial charge < -0.3 is 30.2 Å². The van der Waals surface area contributed by atoms with Gasteiger partial charge >= 0.3 is 23.9 Å². The number of aryl methyl sites for hydroxylation is 1. The molecule has 220 valence electrons. The fourth-order valence-corrected chi connectivity index (χ4v) is 4.25. The Morgan fingerprint density at radius 1 is 0.854 bits per heavy atom. The van der Waals surface area contributed by atoms with Gasteiger partial charge in [0.15, 0.2) is 0 Å². The highest BCUT2D eigenvalue weighted by atomic mass is 19.1. The predicted molar refractivity (Wildman–Crippen MR) is 149 cm³/mol. The molecule has 11 nitrogen and oxygen atoms in total. The molecule has 4 rings (SSSR count). The van der Waals surface area contributed by atoms with Crippen molar-refractivity contribution >= 4 is 29.7 Å². The van der Waals surface area contributed by atoms with Gasteiger partial charge in [-0.05, 0) is 67.1 Å². The molecule has 1 aromatic carbocycles. The minimum Gasteiger partial charge on any atom is -0.478 e. The smallest absolute Gasteiger partial charge is 0.328 e. The minimum atomic E-state index is -1.26. The van der Waals surface area contributed by atoms with Crippen LogP contribution in [-0.2, 0) is 32.0 Å². The molecule has 1 saturated heterocycles. The van der Waals surface area contributed by atoms with Gasteiger partial charge in [-0.25, -0.2) is 28.6 Å². The monoisotopic (exact) mass is 571 g/mol. The summed E-state index contributed by atoms with van der Waals surface area (Å²) in [7, 11) is 2.17. The minimum absolute atomic E-state index is 0.181. The lowest BCUT2D eigenvalue weighted by atomic mass is 9.83. The molecule has 0 spiro atoms. The van der Waals surface area contributed by atoms with E-state index in [-0.39, 0.29) is 5.82 Å². The molecule has 41 heavy (non-hydrogen) atoms. The summed E-state index contributed by atoms with van der Waals surface area (Å²) in [6.45, 7) is 6.48. The number of hydrogen-bond donors (Lipinski definition) is 4. The first-order valence-electron chi connectivity index (χ1n) is 12.9. The highest BCUT2D eigenvalue weighted by Crippen LogP contribution is 2.35. The maximum Gasteiger partial charge on any atom is 0.328 e. The van der Waals surface area contributed by atoms with E-state index in [2.05, 4.69) is 29.8 Å². The number of carbonyl (C=O) groups is 4. The summed E-state index contributed by atoms with van der Waals surface area (Å²) in [4.78, 5) is 48.0. The molecular formula is C29H34FN3O8. The summed E-state index contributed by atoms with van der Waals surface area (Å²) < 4.78 is 13.4. The predicted octanol–water partition coefficient (Wildman–Crippen LogP) is 3.19. The molecule has 0 amide bonds. The van der Waals surface area contributed by atoms with Gasteiger partial charge in [0.2, 0.25) is 0 Å². The number of carboxylic acids is 4.